The Bertz CT molecular complexity index is 1230. The van der Waals surface area contributed by atoms with Crippen molar-refractivity contribution in [2.24, 2.45) is 0 Å². The minimum atomic E-state index is -4.88. The van der Waals surface area contributed by atoms with E-state index >= 15 is 0 Å². The fourth-order valence-electron chi connectivity index (χ4n) is 2.39. The van der Waals surface area contributed by atoms with Crippen molar-refractivity contribution in [3.8, 4) is 17.4 Å². The molecule has 176 valence electrons. The lowest BCUT2D eigenvalue weighted by Gasteiger charge is -2.12. The van der Waals surface area contributed by atoms with Gasteiger partial charge in [0.1, 0.15) is 16.5 Å². The molecule has 0 aliphatic carbocycles. The number of aromatic nitrogens is 1. The van der Waals surface area contributed by atoms with Crippen molar-refractivity contribution in [2.75, 3.05) is 4.72 Å². The van der Waals surface area contributed by atoms with Crippen LogP contribution in [-0.4, -0.2) is 19.8 Å². The van der Waals surface area contributed by atoms with Gasteiger partial charge >= 0.3 is 12.5 Å². The van der Waals surface area contributed by atoms with E-state index in [1.54, 1.807) is 0 Å². The van der Waals surface area contributed by atoms with Gasteiger partial charge in [0.2, 0.25) is 5.88 Å². The first-order valence-electron chi connectivity index (χ1n) is 8.62. The smallest absolute Gasteiger partial charge is 0.438 e. The molecule has 33 heavy (non-hydrogen) atoms. The Morgan fingerprint density at radius 3 is 1.97 bits per heavy atom. The van der Waals surface area contributed by atoms with E-state index < -0.39 is 38.9 Å². The summed E-state index contributed by atoms with van der Waals surface area (Å²) < 4.78 is 111. The third-order valence-corrected chi connectivity index (χ3v) is 5.49. The van der Waals surface area contributed by atoms with Gasteiger partial charge in [0.15, 0.2) is 0 Å². The molecule has 3 aromatic rings. The predicted octanol–water partition coefficient (Wildman–Crippen LogP) is 6.25. The molecule has 1 aromatic heterocycles. The average molecular weight is 513 g/mol. The molecule has 3 rings (SSSR count). The van der Waals surface area contributed by atoms with Crippen LogP contribution in [0.5, 0.6) is 17.4 Å². The van der Waals surface area contributed by atoms with E-state index in [0.717, 1.165) is 36.4 Å². The van der Waals surface area contributed by atoms with Gasteiger partial charge in [-0.15, -0.1) is 13.2 Å². The van der Waals surface area contributed by atoms with Crippen molar-refractivity contribution in [3.63, 3.8) is 0 Å². The van der Waals surface area contributed by atoms with E-state index in [-0.39, 0.29) is 22.2 Å². The summed E-state index contributed by atoms with van der Waals surface area (Å²) in [5.74, 6) is -0.807. The van der Waals surface area contributed by atoms with Crippen molar-refractivity contribution in [1.29, 1.82) is 0 Å². The number of rotatable bonds is 6. The lowest BCUT2D eigenvalue weighted by atomic mass is 10.3. The van der Waals surface area contributed by atoms with Crippen LogP contribution in [0.3, 0.4) is 0 Å². The van der Waals surface area contributed by atoms with E-state index in [1.807, 2.05) is 0 Å². The van der Waals surface area contributed by atoms with Crippen LogP contribution in [0.25, 0.3) is 0 Å². The number of sulfonamides is 1. The van der Waals surface area contributed by atoms with Crippen LogP contribution < -0.4 is 14.2 Å². The highest BCUT2D eigenvalue weighted by Gasteiger charge is 2.32. The number of hydrogen-bond acceptors (Lipinski definition) is 5. The van der Waals surface area contributed by atoms with Crippen LogP contribution in [0.15, 0.2) is 65.7 Å². The second-order valence-corrected chi connectivity index (χ2v) is 8.35. The van der Waals surface area contributed by atoms with Crippen LogP contribution in [-0.2, 0) is 16.2 Å². The van der Waals surface area contributed by atoms with Crippen LogP contribution in [0.4, 0.5) is 32.0 Å². The molecule has 1 N–H and O–H groups in total. The third-order valence-electron chi connectivity index (χ3n) is 3.82. The quantitative estimate of drug-likeness (QED) is 0.395. The summed E-state index contributed by atoms with van der Waals surface area (Å²) in [6.45, 7) is 0. The largest absolute Gasteiger partial charge is 0.573 e. The van der Waals surface area contributed by atoms with Crippen molar-refractivity contribution in [3.05, 3.63) is 71.4 Å². The monoisotopic (exact) mass is 512 g/mol. The summed E-state index contributed by atoms with van der Waals surface area (Å²) in [7, 11) is -4.12. The van der Waals surface area contributed by atoms with Gasteiger partial charge in [0, 0.05) is 11.9 Å². The molecule has 0 saturated heterocycles. The summed E-state index contributed by atoms with van der Waals surface area (Å²) in [4.78, 5) is 3.29. The molecule has 0 aliphatic heterocycles. The topological polar surface area (TPSA) is 77.5 Å². The summed E-state index contributed by atoms with van der Waals surface area (Å²) in [6, 6.07) is 9.36. The number of nitrogens with one attached hydrogen (secondary N) is 1. The lowest BCUT2D eigenvalue weighted by Crippen LogP contribution is -2.17. The zero-order valence-electron chi connectivity index (χ0n) is 15.9. The fraction of sp³-hybridized carbons (Fsp3) is 0.105. The molecule has 0 unspecified atom stereocenters. The number of hydrogen-bond donors (Lipinski definition) is 1. The summed E-state index contributed by atoms with van der Waals surface area (Å²) in [5.41, 5.74) is -1.09. The maximum Gasteiger partial charge on any atom is 0.573 e. The first-order chi connectivity index (χ1) is 15.2. The summed E-state index contributed by atoms with van der Waals surface area (Å²) >= 11 is 5.76. The molecule has 0 atom stereocenters. The molecule has 0 saturated carbocycles. The van der Waals surface area contributed by atoms with Gasteiger partial charge in [-0.1, -0.05) is 11.6 Å². The molecule has 0 bridgehead atoms. The van der Waals surface area contributed by atoms with Gasteiger partial charge < -0.3 is 9.47 Å². The molecule has 0 amide bonds. The standard InChI is InChI=1S/C19H11ClF6N2O4S/c20-16-9-11(18(21,22)23)10-27-17(16)31-13-5-7-15(8-6-13)33(29,30)28-12-1-3-14(4-2-12)32-19(24,25)26/h1-10,28H. The number of pyridine rings is 1. The zero-order valence-corrected chi connectivity index (χ0v) is 17.5. The Labute approximate surface area is 187 Å². The van der Waals surface area contributed by atoms with Gasteiger partial charge in [-0.25, -0.2) is 13.4 Å². The van der Waals surface area contributed by atoms with Crippen molar-refractivity contribution in [2.45, 2.75) is 17.4 Å². The SMILES string of the molecule is O=S(=O)(Nc1ccc(OC(F)(F)F)cc1)c1ccc(Oc2ncc(C(F)(F)F)cc2Cl)cc1. The Morgan fingerprint density at radius 1 is 0.879 bits per heavy atom. The van der Waals surface area contributed by atoms with Crippen molar-refractivity contribution in [1.82, 2.24) is 4.98 Å². The van der Waals surface area contributed by atoms with Crippen LogP contribution >= 0.6 is 11.6 Å². The highest BCUT2D eigenvalue weighted by molar-refractivity contribution is 7.92. The maximum atomic E-state index is 12.7. The fourth-order valence-corrected chi connectivity index (χ4v) is 3.66. The number of anilines is 1. The number of halogens is 7. The number of benzene rings is 2. The van der Waals surface area contributed by atoms with Crippen LogP contribution in [0, 0.1) is 0 Å². The molecular weight excluding hydrogens is 502 g/mol. The predicted molar refractivity (Wildman–Crippen MR) is 105 cm³/mol. The summed E-state index contributed by atoms with van der Waals surface area (Å²) in [6.07, 6.45) is -8.98. The lowest BCUT2D eigenvalue weighted by molar-refractivity contribution is -0.274. The maximum absolute atomic E-state index is 12.7. The molecule has 14 heteroatoms. The molecule has 0 spiro atoms. The van der Waals surface area contributed by atoms with Crippen molar-refractivity contribution < 1.29 is 44.2 Å². The highest BCUT2D eigenvalue weighted by Crippen LogP contribution is 2.35. The Morgan fingerprint density at radius 2 is 1.45 bits per heavy atom. The molecule has 2 aromatic carbocycles. The molecule has 0 fully saturated rings. The minimum Gasteiger partial charge on any atom is -0.438 e. The second kappa shape index (κ2) is 8.98. The normalized spacial score (nSPS) is 12.3. The van der Waals surface area contributed by atoms with E-state index in [2.05, 4.69) is 14.4 Å². The van der Waals surface area contributed by atoms with Gasteiger partial charge in [0.05, 0.1) is 10.5 Å². The molecular formula is C19H11ClF6N2O4S. The highest BCUT2D eigenvalue weighted by atomic mass is 35.5. The minimum absolute atomic E-state index is 0.0226. The second-order valence-electron chi connectivity index (χ2n) is 6.26. The Hall–Kier alpha value is -3.19. The molecule has 0 radical (unpaired) electrons. The van der Waals surface area contributed by atoms with Gasteiger partial charge in [-0.3, -0.25) is 4.72 Å². The Kier molecular flexibility index (Phi) is 6.65. The van der Waals surface area contributed by atoms with Gasteiger partial charge in [0.25, 0.3) is 10.0 Å². The van der Waals surface area contributed by atoms with E-state index in [0.29, 0.717) is 12.3 Å². The number of ether oxygens (including phenoxy) is 2. The van der Waals surface area contributed by atoms with Gasteiger partial charge in [-0.05, 0) is 54.6 Å². The van der Waals surface area contributed by atoms with E-state index in [9.17, 15) is 34.8 Å². The average Bonchev–Trinajstić information content (AvgIpc) is 2.69. The number of alkyl halides is 6. The zero-order chi connectivity index (χ0) is 24.4. The molecule has 6 nitrogen and oxygen atoms in total. The van der Waals surface area contributed by atoms with E-state index in [1.165, 1.54) is 12.1 Å². The van der Waals surface area contributed by atoms with Crippen LogP contribution in [0.2, 0.25) is 5.02 Å². The first-order valence-corrected chi connectivity index (χ1v) is 10.5. The van der Waals surface area contributed by atoms with E-state index in [4.69, 9.17) is 16.3 Å². The van der Waals surface area contributed by atoms with Gasteiger partial charge in [-0.2, -0.15) is 13.2 Å². The number of nitrogens with zero attached hydrogens (tertiary/aromatic N) is 1. The summed E-state index contributed by atoms with van der Waals surface area (Å²) in [5, 5.41) is -0.402. The third kappa shape index (κ3) is 6.65. The van der Waals surface area contributed by atoms with Crippen LogP contribution in [0.1, 0.15) is 5.56 Å². The first kappa shape index (κ1) is 24.5. The molecule has 1 heterocycles. The Balaban J connectivity index is 1.70. The molecule has 0 aliphatic rings. The van der Waals surface area contributed by atoms with Crippen molar-refractivity contribution >= 4 is 27.3 Å².